The van der Waals surface area contributed by atoms with Gasteiger partial charge in [0.15, 0.2) is 0 Å². The fourth-order valence-corrected chi connectivity index (χ4v) is 5.09. The Kier molecular flexibility index (Phi) is 6.13. The van der Waals surface area contributed by atoms with Crippen molar-refractivity contribution in [2.24, 2.45) is 0 Å². The van der Waals surface area contributed by atoms with Crippen LogP contribution in [0.2, 0.25) is 5.02 Å². The standard InChI is InChI=1S/C18H14ClF3N4O4S/c19-14-10-15(16(26(27)28)9-13(14)18(20,21)22)24-5-7-25(8-6-24)31(29,30)17-4-2-1-3-12(17)11-23/h1-4,9-10H,5-8H2. The van der Waals surface area contributed by atoms with Crippen molar-refractivity contribution in [2.45, 2.75) is 11.1 Å². The summed E-state index contributed by atoms with van der Waals surface area (Å²) >= 11 is 5.72. The van der Waals surface area contributed by atoms with Crippen LogP contribution in [-0.2, 0) is 16.2 Å². The molecule has 0 spiro atoms. The molecule has 0 radical (unpaired) electrons. The highest BCUT2D eigenvalue weighted by molar-refractivity contribution is 7.89. The van der Waals surface area contributed by atoms with E-state index in [-0.39, 0.29) is 42.3 Å². The number of nitro benzene ring substituents is 1. The highest BCUT2D eigenvalue weighted by atomic mass is 35.5. The normalized spacial score (nSPS) is 15.5. The lowest BCUT2D eigenvalue weighted by atomic mass is 10.1. The molecule has 0 aliphatic carbocycles. The van der Waals surface area contributed by atoms with Crippen molar-refractivity contribution in [1.82, 2.24) is 4.31 Å². The third-order valence-corrected chi connectivity index (χ3v) is 7.04. The van der Waals surface area contributed by atoms with Crippen molar-refractivity contribution >= 4 is 33.0 Å². The summed E-state index contributed by atoms with van der Waals surface area (Å²) in [5.41, 5.74) is -2.24. The van der Waals surface area contributed by atoms with E-state index in [9.17, 15) is 31.7 Å². The summed E-state index contributed by atoms with van der Waals surface area (Å²) in [6.45, 7) is -0.206. The van der Waals surface area contributed by atoms with Crippen LogP contribution in [0.4, 0.5) is 24.5 Å². The van der Waals surface area contributed by atoms with E-state index >= 15 is 0 Å². The van der Waals surface area contributed by atoms with Gasteiger partial charge in [-0.05, 0) is 18.2 Å². The van der Waals surface area contributed by atoms with Gasteiger partial charge in [-0.3, -0.25) is 10.1 Å². The van der Waals surface area contributed by atoms with Crippen LogP contribution in [0.3, 0.4) is 0 Å². The largest absolute Gasteiger partial charge is 0.418 e. The summed E-state index contributed by atoms with van der Waals surface area (Å²) in [5, 5.41) is 19.8. The summed E-state index contributed by atoms with van der Waals surface area (Å²) in [4.78, 5) is 11.7. The lowest BCUT2D eigenvalue weighted by Gasteiger charge is -2.35. The maximum absolute atomic E-state index is 13.1. The van der Waals surface area contributed by atoms with E-state index in [1.807, 2.05) is 6.07 Å². The van der Waals surface area contributed by atoms with Gasteiger partial charge in [0.2, 0.25) is 10.0 Å². The van der Waals surface area contributed by atoms with Crippen LogP contribution in [-0.4, -0.2) is 43.8 Å². The van der Waals surface area contributed by atoms with Gasteiger partial charge in [0, 0.05) is 32.2 Å². The zero-order valence-electron chi connectivity index (χ0n) is 15.6. The van der Waals surface area contributed by atoms with Gasteiger partial charge in [0.05, 0.1) is 26.0 Å². The number of nitriles is 1. The molecule has 2 aromatic rings. The minimum atomic E-state index is -4.86. The lowest BCUT2D eigenvalue weighted by Crippen LogP contribution is -2.49. The molecule has 0 bridgehead atoms. The zero-order chi connectivity index (χ0) is 23.0. The van der Waals surface area contributed by atoms with E-state index < -0.39 is 37.4 Å². The van der Waals surface area contributed by atoms with Crippen LogP contribution in [0.15, 0.2) is 41.3 Å². The van der Waals surface area contributed by atoms with Crippen molar-refractivity contribution in [2.75, 3.05) is 31.1 Å². The van der Waals surface area contributed by atoms with Crippen molar-refractivity contribution in [3.05, 3.63) is 62.7 Å². The molecule has 3 rings (SSSR count). The molecule has 0 aromatic heterocycles. The minimum absolute atomic E-state index is 0.0174. The van der Waals surface area contributed by atoms with E-state index in [0.29, 0.717) is 6.07 Å². The molecule has 0 N–H and O–H groups in total. The number of hydrogen-bond acceptors (Lipinski definition) is 6. The van der Waals surface area contributed by atoms with Crippen LogP contribution >= 0.6 is 11.6 Å². The van der Waals surface area contributed by atoms with Gasteiger partial charge in [-0.25, -0.2) is 8.42 Å². The number of benzene rings is 2. The predicted octanol–water partition coefficient (Wildman–Crippen LogP) is 3.65. The molecule has 0 saturated carbocycles. The molecule has 1 aliphatic heterocycles. The molecule has 0 atom stereocenters. The number of anilines is 1. The molecule has 31 heavy (non-hydrogen) atoms. The molecule has 0 amide bonds. The number of nitro groups is 1. The molecule has 164 valence electrons. The molecular formula is C18H14ClF3N4O4S. The molecule has 1 fully saturated rings. The first-order chi connectivity index (χ1) is 14.5. The van der Waals surface area contributed by atoms with Crippen LogP contribution in [0.25, 0.3) is 0 Å². The second-order valence-electron chi connectivity index (χ2n) is 6.57. The average molecular weight is 475 g/mol. The topological polar surface area (TPSA) is 108 Å². The highest BCUT2D eigenvalue weighted by Gasteiger charge is 2.38. The average Bonchev–Trinajstić information content (AvgIpc) is 2.72. The van der Waals surface area contributed by atoms with Crippen LogP contribution in [0.1, 0.15) is 11.1 Å². The van der Waals surface area contributed by atoms with Crippen molar-refractivity contribution in [3.8, 4) is 6.07 Å². The number of nitrogens with zero attached hydrogens (tertiary/aromatic N) is 4. The summed E-state index contributed by atoms with van der Waals surface area (Å²) in [7, 11) is -4.00. The van der Waals surface area contributed by atoms with Gasteiger partial charge in [-0.2, -0.15) is 22.7 Å². The predicted molar refractivity (Wildman–Crippen MR) is 105 cm³/mol. The van der Waals surface area contributed by atoms with Gasteiger partial charge in [0.1, 0.15) is 11.8 Å². The van der Waals surface area contributed by atoms with Crippen molar-refractivity contribution < 1.29 is 26.5 Å². The number of rotatable bonds is 4. The molecule has 8 nitrogen and oxygen atoms in total. The van der Waals surface area contributed by atoms with Crippen molar-refractivity contribution in [1.29, 1.82) is 5.26 Å². The van der Waals surface area contributed by atoms with Crippen LogP contribution in [0.5, 0.6) is 0 Å². The molecule has 13 heteroatoms. The lowest BCUT2D eigenvalue weighted by molar-refractivity contribution is -0.384. The second-order valence-corrected chi connectivity index (χ2v) is 8.89. The Morgan fingerprint density at radius 2 is 1.74 bits per heavy atom. The number of halogens is 4. The van der Waals surface area contributed by atoms with E-state index in [1.165, 1.54) is 29.2 Å². The maximum Gasteiger partial charge on any atom is 0.418 e. The Morgan fingerprint density at radius 1 is 1.13 bits per heavy atom. The Labute approximate surface area is 180 Å². The quantitative estimate of drug-likeness (QED) is 0.494. The second kappa shape index (κ2) is 8.33. The molecule has 1 saturated heterocycles. The molecule has 1 aliphatic rings. The molecule has 2 aromatic carbocycles. The first-order valence-corrected chi connectivity index (χ1v) is 10.6. The summed E-state index contributed by atoms with van der Waals surface area (Å²) in [6, 6.07) is 8.77. The van der Waals surface area contributed by atoms with E-state index in [1.54, 1.807) is 0 Å². The molecule has 0 unspecified atom stereocenters. The van der Waals surface area contributed by atoms with Crippen molar-refractivity contribution in [3.63, 3.8) is 0 Å². The van der Waals surface area contributed by atoms with Gasteiger partial charge in [-0.1, -0.05) is 23.7 Å². The van der Waals surface area contributed by atoms with Gasteiger partial charge >= 0.3 is 6.18 Å². The van der Waals surface area contributed by atoms with E-state index in [0.717, 1.165) is 10.4 Å². The smallest absolute Gasteiger partial charge is 0.363 e. The van der Waals surface area contributed by atoms with Crippen LogP contribution in [0, 0.1) is 21.4 Å². The third kappa shape index (κ3) is 4.43. The molecular weight excluding hydrogens is 461 g/mol. The summed E-state index contributed by atoms with van der Waals surface area (Å²) in [6.07, 6.45) is -4.86. The fraction of sp³-hybridized carbons (Fsp3) is 0.278. The molecule has 1 heterocycles. The van der Waals surface area contributed by atoms with Gasteiger partial charge in [-0.15, -0.1) is 0 Å². The zero-order valence-corrected chi connectivity index (χ0v) is 17.2. The SMILES string of the molecule is N#Cc1ccccc1S(=O)(=O)N1CCN(c2cc(Cl)c(C(F)(F)F)cc2[N+](=O)[O-])CC1. The van der Waals surface area contributed by atoms with Gasteiger partial charge in [0.25, 0.3) is 5.69 Å². The van der Waals surface area contributed by atoms with Crippen LogP contribution < -0.4 is 4.90 Å². The number of piperazine rings is 1. The Bertz CT molecular complexity index is 1170. The Balaban J connectivity index is 1.88. The third-order valence-electron chi connectivity index (χ3n) is 4.77. The number of alkyl halides is 3. The highest BCUT2D eigenvalue weighted by Crippen LogP contribution is 2.41. The maximum atomic E-state index is 13.1. The first kappa shape index (κ1) is 22.8. The fourth-order valence-electron chi connectivity index (χ4n) is 3.26. The number of sulfonamides is 1. The monoisotopic (exact) mass is 474 g/mol. The Hall–Kier alpha value is -2.88. The van der Waals surface area contributed by atoms with E-state index in [2.05, 4.69) is 0 Å². The summed E-state index contributed by atoms with van der Waals surface area (Å²) in [5.74, 6) is 0. The van der Waals surface area contributed by atoms with Gasteiger partial charge < -0.3 is 4.90 Å². The Morgan fingerprint density at radius 3 is 2.29 bits per heavy atom. The summed E-state index contributed by atoms with van der Waals surface area (Å²) < 4.78 is 66.1. The number of hydrogen-bond donors (Lipinski definition) is 0. The van der Waals surface area contributed by atoms with E-state index in [4.69, 9.17) is 16.9 Å². The first-order valence-electron chi connectivity index (χ1n) is 8.76. The minimum Gasteiger partial charge on any atom is -0.363 e.